The molecule has 0 radical (unpaired) electrons. The van der Waals surface area contributed by atoms with E-state index in [-0.39, 0.29) is 11.9 Å². The topological polar surface area (TPSA) is 66.4 Å². The van der Waals surface area contributed by atoms with E-state index in [0.29, 0.717) is 21.5 Å². The third-order valence-corrected chi connectivity index (χ3v) is 4.21. The number of halogens is 2. The summed E-state index contributed by atoms with van der Waals surface area (Å²) < 4.78 is 0.646. The van der Waals surface area contributed by atoms with Crippen LogP contribution in [0.25, 0.3) is 0 Å². The Labute approximate surface area is 123 Å². The zero-order chi connectivity index (χ0) is 14.0. The van der Waals surface area contributed by atoms with Gasteiger partial charge in [0, 0.05) is 10.5 Å². The Morgan fingerprint density at radius 1 is 1.37 bits per heavy atom. The lowest BCUT2D eigenvalue weighted by atomic mass is 10.1. The number of carbonyl (C=O) groups is 2. The fraction of sp³-hybridized carbons (Fsp3) is 0.231. The lowest BCUT2D eigenvalue weighted by Crippen LogP contribution is -2.33. The summed E-state index contributed by atoms with van der Waals surface area (Å²) in [4.78, 5) is 22.9. The largest absolute Gasteiger partial charge is 0.481 e. The number of hydrogen-bond donors (Lipinski definition) is 2. The van der Waals surface area contributed by atoms with Crippen molar-refractivity contribution in [1.29, 1.82) is 0 Å². The second kappa shape index (κ2) is 5.75. The second-order valence-corrected chi connectivity index (χ2v) is 5.48. The van der Waals surface area contributed by atoms with Gasteiger partial charge in [0.25, 0.3) is 5.91 Å². The van der Waals surface area contributed by atoms with Gasteiger partial charge in [-0.25, -0.2) is 0 Å². The second-order valence-electron chi connectivity index (χ2n) is 4.25. The standard InChI is InChI=1S/C13H11BrClNO3/c14-10-3-1-2-9(11(10)15)12(17)16-8-5-4-7(6-8)13(18)19/h1-5,7-8H,6H2,(H,16,17)(H,18,19). The molecular formula is C13H11BrClNO3. The van der Waals surface area contributed by atoms with Crippen LogP contribution in [0, 0.1) is 5.92 Å². The summed E-state index contributed by atoms with van der Waals surface area (Å²) >= 11 is 9.28. The van der Waals surface area contributed by atoms with Gasteiger partial charge in [0.1, 0.15) is 0 Å². The number of carboxylic acids is 1. The molecule has 0 heterocycles. The van der Waals surface area contributed by atoms with Gasteiger partial charge in [0.05, 0.1) is 16.5 Å². The maximum absolute atomic E-state index is 12.1. The molecular weight excluding hydrogens is 334 g/mol. The molecule has 100 valence electrons. The van der Waals surface area contributed by atoms with Gasteiger partial charge in [-0.2, -0.15) is 0 Å². The lowest BCUT2D eigenvalue weighted by molar-refractivity contribution is -0.140. The third kappa shape index (κ3) is 3.16. The number of rotatable bonds is 3. The summed E-state index contributed by atoms with van der Waals surface area (Å²) in [7, 11) is 0. The summed E-state index contributed by atoms with van der Waals surface area (Å²) in [6, 6.07) is 4.81. The summed E-state index contributed by atoms with van der Waals surface area (Å²) in [6.07, 6.45) is 3.66. The molecule has 2 rings (SSSR count). The zero-order valence-electron chi connectivity index (χ0n) is 9.77. The van der Waals surface area contributed by atoms with Crippen LogP contribution in [0.3, 0.4) is 0 Å². The quantitative estimate of drug-likeness (QED) is 0.829. The molecule has 2 N–H and O–H groups in total. The van der Waals surface area contributed by atoms with Crippen molar-refractivity contribution in [2.24, 2.45) is 5.92 Å². The first-order valence-corrected chi connectivity index (χ1v) is 6.82. The van der Waals surface area contributed by atoms with E-state index in [2.05, 4.69) is 21.2 Å². The number of aliphatic carboxylic acids is 1. The van der Waals surface area contributed by atoms with Crippen LogP contribution in [0.4, 0.5) is 0 Å². The molecule has 0 saturated heterocycles. The number of benzene rings is 1. The predicted molar refractivity (Wildman–Crippen MR) is 75.3 cm³/mol. The molecule has 19 heavy (non-hydrogen) atoms. The molecule has 1 aromatic carbocycles. The minimum Gasteiger partial charge on any atom is -0.481 e. The van der Waals surface area contributed by atoms with Crippen LogP contribution in [0.5, 0.6) is 0 Å². The minimum atomic E-state index is -0.881. The van der Waals surface area contributed by atoms with E-state index in [4.69, 9.17) is 16.7 Å². The Bertz CT molecular complexity index is 559. The van der Waals surface area contributed by atoms with E-state index in [1.165, 1.54) is 0 Å². The maximum atomic E-state index is 12.1. The average molecular weight is 345 g/mol. The Morgan fingerprint density at radius 3 is 2.74 bits per heavy atom. The van der Waals surface area contributed by atoms with Crippen LogP contribution in [0.15, 0.2) is 34.8 Å². The normalized spacial score (nSPS) is 21.4. The monoisotopic (exact) mass is 343 g/mol. The first kappa shape index (κ1) is 14.1. The van der Waals surface area contributed by atoms with Gasteiger partial charge in [-0.3, -0.25) is 9.59 Å². The van der Waals surface area contributed by atoms with Gasteiger partial charge in [0.15, 0.2) is 0 Å². The predicted octanol–water partition coefficient (Wildman–Crippen LogP) is 2.86. The van der Waals surface area contributed by atoms with Crippen molar-refractivity contribution < 1.29 is 14.7 Å². The molecule has 2 atom stereocenters. The number of amides is 1. The number of hydrogen-bond acceptors (Lipinski definition) is 2. The lowest BCUT2D eigenvalue weighted by Gasteiger charge is -2.13. The molecule has 4 nitrogen and oxygen atoms in total. The van der Waals surface area contributed by atoms with Gasteiger partial charge >= 0.3 is 5.97 Å². The van der Waals surface area contributed by atoms with Crippen molar-refractivity contribution in [3.05, 3.63) is 45.4 Å². The van der Waals surface area contributed by atoms with Gasteiger partial charge in [-0.05, 0) is 34.5 Å². The highest BCUT2D eigenvalue weighted by Crippen LogP contribution is 2.26. The molecule has 0 spiro atoms. The van der Waals surface area contributed by atoms with Crippen LogP contribution in [0.2, 0.25) is 5.02 Å². The Kier molecular flexibility index (Phi) is 4.27. The number of carboxylic acid groups (broad SMARTS) is 1. The van der Waals surface area contributed by atoms with Crippen LogP contribution in [-0.2, 0) is 4.79 Å². The fourth-order valence-corrected chi connectivity index (χ4v) is 2.49. The van der Waals surface area contributed by atoms with E-state index in [1.807, 2.05) is 0 Å². The van der Waals surface area contributed by atoms with Gasteiger partial charge in [0.2, 0.25) is 0 Å². The molecule has 1 aliphatic rings. The van der Waals surface area contributed by atoms with E-state index >= 15 is 0 Å². The summed E-state index contributed by atoms with van der Waals surface area (Å²) in [6.45, 7) is 0. The first-order chi connectivity index (χ1) is 8.99. The van der Waals surface area contributed by atoms with E-state index in [1.54, 1.807) is 30.4 Å². The molecule has 6 heteroatoms. The maximum Gasteiger partial charge on any atom is 0.310 e. The van der Waals surface area contributed by atoms with Crippen LogP contribution >= 0.6 is 27.5 Å². The van der Waals surface area contributed by atoms with E-state index < -0.39 is 11.9 Å². The molecule has 2 unspecified atom stereocenters. The molecule has 0 fully saturated rings. The minimum absolute atomic E-state index is 0.274. The summed E-state index contributed by atoms with van der Waals surface area (Å²) in [5.74, 6) is -1.73. The van der Waals surface area contributed by atoms with Crippen molar-refractivity contribution in [3.63, 3.8) is 0 Å². The van der Waals surface area contributed by atoms with Crippen LogP contribution in [0.1, 0.15) is 16.8 Å². The van der Waals surface area contributed by atoms with E-state index in [9.17, 15) is 9.59 Å². The Hall–Kier alpha value is -1.33. The smallest absolute Gasteiger partial charge is 0.310 e. The third-order valence-electron chi connectivity index (χ3n) is 2.91. The Balaban J connectivity index is 2.05. The SMILES string of the molecule is O=C(NC1C=CC(C(=O)O)C1)c1cccc(Br)c1Cl. The van der Waals surface area contributed by atoms with Crippen molar-refractivity contribution in [2.75, 3.05) is 0 Å². The van der Waals surface area contributed by atoms with Gasteiger partial charge in [-0.15, -0.1) is 0 Å². The highest BCUT2D eigenvalue weighted by atomic mass is 79.9. The molecule has 1 aromatic rings. The Morgan fingerprint density at radius 2 is 2.11 bits per heavy atom. The average Bonchev–Trinajstić information content (AvgIpc) is 2.81. The van der Waals surface area contributed by atoms with Gasteiger partial charge in [-0.1, -0.05) is 29.8 Å². The highest BCUT2D eigenvalue weighted by molar-refractivity contribution is 9.10. The van der Waals surface area contributed by atoms with Gasteiger partial charge < -0.3 is 10.4 Å². The molecule has 0 aromatic heterocycles. The van der Waals surface area contributed by atoms with Crippen LogP contribution in [-0.4, -0.2) is 23.0 Å². The first-order valence-electron chi connectivity index (χ1n) is 5.65. The highest BCUT2D eigenvalue weighted by Gasteiger charge is 2.26. The molecule has 0 saturated carbocycles. The van der Waals surface area contributed by atoms with Crippen molar-refractivity contribution in [1.82, 2.24) is 5.32 Å². The van der Waals surface area contributed by atoms with Crippen molar-refractivity contribution in [3.8, 4) is 0 Å². The molecule has 0 aliphatic heterocycles. The summed E-state index contributed by atoms with van der Waals surface area (Å²) in [5.41, 5.74) is 0.364. The molecule has 1 amide bonds. The van der Waals surface area contributed by atoms with Crippen LogP contribution < -0.4 is 5.32 Å². The number of nitrogens with one attached hydrogen (secondary N) is 1. The van der Waals surface area contributed by atoms with E-state index in [0.717, 1.165) is 0 Å². The van der Waals surface area contributed by atoms with Crippen molar-refractivity contribution in [2.45, 2.75) is 12.5 Å². The van der Waals surface area contributed by atoms with Crippen molar-refractivity contribution >= 4 is 39.4 Å². The summed E-state index contributed by atoms with van der Waals surface area (Å²) in [5, 5.41) is 12.0. The number of carbonyl (C=O) groups excluding carboxylic acids is 1. The molecule has 1 aliphatic carbocycles. The zero-order valence-corrected chi connectivity index (χ0v) is 12.1. The molecule has 0 bridgehead atoms. The fourth-order valence-electron chi connectivity index (χ4n) is 1.91.